The van der Waals surface area contributed by atoms with Crippen molar-refractivity contribution in [3.05, 3.63) is 106 Å². The second kappa shape index (κ2) is 14.9. The van der Waals surface area contributed by atoms with Crippen LogP contribution in [0.1, 0.15) is 76.0 Å². The number of rotatable bonds is 12. The van der Waals surface area contributed by atoms with Crippen LogP contribution in [0.5, 0.6) is 11.5 Å². The predicted octanol–water partition coefficient (Wildman–Crippen LogP) is 8.74. The van der Waals surface area contributed by atoms with E-state index in [1.54, 1.807) is 30.3 Å². The van der Waals surface area contributed by atoms with E-state index in [4.69, 9.17) is 9.47 Å². The number of fused-ring (bicyclic) bond motifs is 1. The number of nitrogens with one attached hydrogen (secondary N) is 2. The van der Waals surface area contributed by atoms with Crippen LogP contribution in [0.4, 0.5) is 16.2 Å². The number of carbonyl (C=O) groups excluding carboxylic acids is 1. The minimum atomic E-state index is -0.509. The summed E-state index contributed by atoms with van der Waals surface area (Å²) in [5, 5.41) is 6.86. The second-order valence-corrected chi connectivity index (χ2v) is 12.2. The molecule has 2 aromatic carbocycles. The summed E-state index contributed by atoms with van der Waals surface area (Å²) in [6.07, 6.45) is 6.87. The Bertz CT molecular complexity index is 1890. The number of aryl methyl sites for hydroxylation is 1. The van der Waals surface area contributed by atoms with Crippen molar-refractivity contribution in [2.45, 2.75) is 72.4 Å². The number of pyridine rings is 3. The van der Waals surface area contributed by atoms with Gasteiger partial charge in [-0.05, 0) is 89.0 Å². The molecule has 2 amide bonds. The van der Waals surface area contributed by atoms with Crippen LogP contribution in [-0.4, -0.2) is 27.7 Å². The van der Waals surface area contributed by atoms with Crippen LogP contribution in [0, 0.1) is 0 Å². The molecule has 244 valence electrons. The minimum Gasteiger partial charge on any atom is -0.497 e. The van der Waals surface area contributed by atoms with E-state index in [9.17, 15) is 9.59 Å². The molecule has 0 bridgehead atoms. The number of anilines is 2. The lowest BCUT2D eigenvalue weighted by Gasteiger charge is -2.23. The smallest absolute Gasteiger partial charge is 0.323 e. The standard InChI is InChI=1S/C38H43N5O4/c1-7-8-19-43-36-30(13-10-16-40-36)33(27-11-9-12-28(20-27)46-6)35(37(43)44)42-38(45)41-34-31(24(2)3)21-29(22-32(34)25(4)5)47-23-26-14-17-39-18-15-26/h9-18,20-22,24-25H,7-8,19,23H2,1-6H3,(H2,41,42,45). The summed E-state index contributed by atoms with van der Waals surface area (Å²) in [5.41, 5.74) is 5.36. The summed E-state index contributed by atoms with van der Waals surface area (Å²) in [7, 11) is 1.60. The number of hydrogen-bond acceptors (Lipinski definition) is 6. The van der Waals surface area contributed by atoms with Gasteiger partial charge in [-0.1, -0.05) is 53.2 Å². The third kappa shape index (κ3) is 7.46. The Morgan fingerprint density at radius 2 is 1.57 bits per heavy atom. The Morgan fingerprint density at radius 1 is 0.872 bits per heavy atom. The largest absolute Gasteiger partial charge is 0.497 e. The molecule has 9 nitrogen and oxygen atoms in total. The number of aromatic nitrogens is 3. The summed E-state index contributed by atoms with van der Waals surface area (Å²) >= 11 is 0. The van der Waals surface area contributed by atoms with Gasteiger partial charge in [-0.3, -0.25) is 14.3 Å². The van der Waals surface area contributed by atoms with Gasteiger partial charge in [0.05, 0.1) is 7.11 Å². The maximum atomic E-state index is 14.2. The van der Waals surface area contributed by atoms with Crippen LogP contribution in [0.15, 0.2) is 84.0 Å². The lowest BCUT2D eigenvalue weighted by atomic mass is 9.92. The van der Waals surface area contributed by atoms with Gasteiger partial charge in [0.1, 0.15) is 29.4 Å². The van der Waals surface area contributed by atoms with Crippen molar-refractivity contribution in [3.8, 4) is 22.6 Å². The molecule has 9 heteroatoms. The van der Waals surface area contributed by atoms with Crippen molar-refractivity contribution in [3.63, 3.8) is 0 Å². The minimum absolute atomic E-state index is 0.0811. The summed E-state index contributed by atoms with van der Waals surface area (Å²) < 4.78 is 13.4. The molecule has 0 aliphatic carbocycles. The molecule has 3 heterocycles. The Balaban J connectivity index is 1.58. The highest BCUT2D eigenvalue weighted by molar-refractivity contribution is 6.08. The van der Waals surface area contributed by atoms with Crippen molar-refractivity contribution in [1.29, 1.82) is 0 Å². The van der Waals surface area contributed by atoms with Gasteiger partial charge in [0.2, 0.25) is 0 Å². The van der Waals surface area contributed by atoms with Gasteiger partial charge in [-0.25, -0.2) is 9.78 Å². The first-order valence-corrected chi connectivity index (χ1v) is 16.1. The Labute approximate surface area is 276 Å². The van der Waals surface area contributed by atoms with E-state index in [0.717, 1.165) is 46.2 Å². The fourth-order valence-electron chi connectivity index (χ4n) is 5.70. The molecule has 0 atom stereocenters. The van der Waals surface area contributed by atoms with Gasteiger partial charge in [-0.15, -0.1) is 0 Å². The van der Waals surface area contributed by atoms with Gasteiger partial charge in [0.15, 0.2) is 0 Å². The zero-order chi connectivity index (χ0) is 33.5. The van der Waals surface area contributed by atoms with Crippen LogP contribution in [-0.2, 0) is 13.2 Å². The van der Waals surface area contributed by atoms with E-state index in [-0.39, 0.29) is 23.1 Å². The number of benzene rings is 2. The SMILES string of the molecule is CCCCn1c(=O)c(NC(=O)Nc2c(C(C)C)cc(OCc3ccncc3)cc2C(C)C)c(-c2cccc(OC)c2)c2cccnc21. The van der Waals surface area contributed by atoms with E-state index in [1.165, 1.54) is 0 Å². The number of carbonyl (C=O) groups is 1. The van der Waals surface area contributed by atoms with Gasteiger partial charge in [0, 0.05) is 41.8 Å². The average Bonchev–Trinajstić information content (AvgIpc) is 3.08. The molecule has 2 N–H and O–H groups in total. The molecule has 0 saturated carbocycles. The van der Waals surface area contributed by atoms with E-state index < -0.39 is 6.03 Å². The molecule has 0 aliphatic rings. The highest BCUT2D eigenvalue weighted by Gasteiger charge is 2.23. The number of unbranched alkanes of at least 4 members (excludes halogenated alkanes) is 1. The second-order valence-electron chi connectivity index (χ2n) is 12.2. The molecule has 0 unspecified atom stereocenters. The fourth-order valence-corrected chi connectivity index (χ4v) is 5.70. The third-order valence-corrected chi connectivity index (χ3v) is 8.16. The lowest BCUT2D eigenvalue weighted by Crippen LogP contribution is -2.30. The average molecular weight is 634 g/mol. The van der Waals surface area contributed by atoms with E-state index in [2.05, 4.69) is 55.2 Å². The van der Waals surface area contributed by atoms with Gasteiger partial charge < -0.3 is 20.1 Å². The van der Waals surface area contributed by atoms with Crippen LogP contribution < -0.4 is 25.7 Å². The molecule has 0 fully saturated rings. The van der Waals surface area contributed by atoms with Gasteiger partial charge in [0.25, 0.3) is 5.56 Å². The Morgan fingerprint density at radius 3 is 2.23 bits per heavy atom. The number of methoxy groups -OCH3 is 1. The van der Waals surface area contributed by atoms with Crippen molar-refractivity contribution in [2.24, 2.45) is 0 Å². The summed E-state index contributed by atoms with van der Waals surface area (Å²) in [6.45, 7) is 11.3. The van der Waals surface area contributed by atoms with E-state index in [1.807, 2.05) is 60.7 Å². The van der Waals surface area contributed by atoms with Crippen LogP contribution in [0.25, 0.3) is 22.2 Å². The topological polar surface area (TPSA) is 107 Å². The number of nitrogens with zero attached hydrogens (tertiary/aromatic N) is 3. The molecule has 0 radical (unpaired) electrons. The summed E-state index contributed by atoms with van der Waals surface area (Å²) in [4.78, 5) is 36.9. The van der Waals surface area contributed by atoms with Crippen molar-refractivity contribution < 1.29 is 14.3 Å². The number of hydrogen-bond donors (Lipinski definition) is 2. The van der Waals surface area contributed by atoms with Crippen LogP contribution >= 0.6 is 0 Å². The maximum Gasteiger partial charge on any atom is 0.323 e. The molecule has 0 saturated heterocycles. The summed E-state index contributed by atoms with van der Waals surface area (Å²) in [5.74, 6) is 1.52. The molecule has 0 spiro atoms. The zero-order valence-corrected chi connectivity index (χ0v) is 28.0. The molecular formula is C38H43N5O4. The third-order valence-electron chi connectivity index (χ3n) is 8.16. The molecular weight excluding hydrogens is 590 g/mol. The normalized spacial score (nSPS) is 11.2. The molecule has 5 aromatic rings. The van der Waals surface area contributed by atoms with Gasteiger partial charge in [-0.2, -0.15) is 0 Å². The highest BCUT2D eigenvalue weighted by atomic mass is 16.5. The van der Waals surface area contributed by atoms with Crippen molar-refractivity contribution in [2.75, 3.05) is 17.7 Å². The van der Waals surface area contributed by atoms with Crippen LogP contribution in [0.2, 0.25) is 0 Å². The Hall–Kier alpha value is -5.18. The predicted molar refractivity (Wildman–Crippen MR) is 189 cm³/mol. The first-order chi connectivity index (χ1) is 22.7. The van der Waals surface area contributed by atoms with Crippen LogP contribution in [0.3, 0.4) is 0 Å². The fraction of sp³-hybridized carbons (Fsp3) is 0.316. The van der Waals surface area contributed by atoms with E-state index >= 15 is 0 Å². The number of urea groups is 1. The molecule has 0 aliphatic heterocycles. The molecule has 3 aromatic heterocycles. The van der Waals surface area contributed by atoms with Gasteiger partial charge >= 0.3 is 6.03 Å². The monoisotopic (exact) mass is 633 g/mol. The lowest BCUT2D eigenvalue weighted by molar-refractivity contribution is 0.262. The highest BCUT2D eigenvalue weighted by Crippen LogP contribution is 2.38. The van der Waals surface area contributed by atoms with Crippen molar-refractivity contribution in [1.82, 2.24) is 14.5 Å². The first-order valence-electron chi connectivity index (χ1n) is 16.1. The first kappa shape index (κ1) is 33.2. The zero-order valence-electron chi connectivity index (χ0n) is 28.0. The van der Waals surface area contributed by atoms with Crippen molar-refractivity contribution >= 4 is 28.4 Å². The quantitative estimate of drug-likeness (QED) is 0.142. The number of amides is 2. The molecule has 47 heavy (non-hydrogen) atoms. The molecule has 5 rings (SSSR count). The maximum absolute atomic E-state index is 14.2. The Kier molecular flexibility index (Phi) is 10.6. The number of ether oxygens (including phenoxy) is 2. The summed E-state index contributed by atoms with van der Waals surface area (Å²) in [6, 6.07) is 18.5. The van der Waals surface area contributed by atoms with E-state index in [0.29, 0.717) is 35.8 Å².